The molecule has 1 aromatic carbocycles. The molecule has 2 atom stereocenters. The van der Waals surface area contributed by atoms with Gasteiger partial charge in [0.25, 0.3) is 0 Å². The van der Waals surface area contributed by atoms with E-state index in [1.54, 1.807) is 6.07 Å². The number of hydrogen-bond acceptors (Lipinski definition) is 2. The maximum atomic E-state index is 12.8. The van der Waals surface area contributed by atoms with E-state index in [1.807, 2.05) is 0 Å². The molecule has 0 heterocycles. The summed E-state index contributed by atoms with van der Waals surface area (Å²) >= 11 is 0. The van der Waals surface area contributed by atoms with Crippen LogP contribution in [0.15, 0.2) is 18.2 Å². The molecule has 0 radical (unpaired) electrons. The van der Waals surface area contributed by atoms with Gasteiger partial charge in [-0.15, -0.1) is 0 Å². The van der Waals surface area contributed by atoms with Gasteiger partial charge in [-0.3, -0.25) is 0 Å². The van der Waals surface area contributed by atoms with Crippen molar-refractivity contribution in [2.45, 2.75) is 19.2 Å². The minimum atomic E-state index is -4.77. The van der Waals surface area contributed by atoms with Gasteiger partial charge in [-0.05, 0) is 24.6 Å². The average molecular weight is 247 g/mol. The van der Waals surface area contributed by atoms with Crippen LogP contribution < -0.4 is 0 Å². The van der Waals surface area contributed by atoms with Crippen LogP contribution in [-0.4, -0.2) is 5.11 Å². The highest BCUT2D eigenvalue weighted by Gasteiger charge is 2.36. The quantitative estimate of drug-likeness (QED) is 0.816. The number of halogens is 4. The zero-order valence-electron chi connectivity index (χ0n) is 8.79. The summed E-state index contributed by atoms with van der Waals surface area (Å²) in [4.78, 5) is 0. The molecule has 1 rings (SSSR count). The van der Waals surface area contributed by atoms with Crippen molar-refractivity contribution in [2.75, 3.05) is 0 Å². The Morgan fingerprint density at radius 1 is 1.35 bits per heavy atom. The van der Waals surface area contributed by atoms with Crippen molar-refractivity contribution in [2.24, 2.45) is 5.92 Å². The lowest BCUT2D eigenvalue weighted by molar-refractivity contribution is -0.139. The number of nitriles is 1. The van der Waals surface area contributed by atoms with E-state index in [0.29, 0.717) is 6.07 Å². The van der Waals surface area contributed by atoms with Gasteiger partial charge in [0, 0.05) is 0 Å². The molecule has 92 valence electrons. The summed E-state index contributed by atoms with van der Waals surface area (Å²) in [7, 11) is 0. The molecule has 0 spiro atoms. The first-order valence-corrected chi connectivity index (χ1v) is 4.71. The third-order valence-corrected chi connectivity index (χ3v) is 2.32. The van der Waals surface area contributed by atoms with E-state index in [4.69, 9.17) is 5.26 Å². The molecule has 0 amide bonds. The molecule has 0 saturated heterocycles. The molecule has 0 aliphatic heterocycles. The van der Waals surface area contributed by atoms with E-state index >= 15 is 0 Å². The summed E-state index contributed by atoms with van der Waals surface area (Å²) in [5.74, 6) is -2.06. The van der Waals surface area contributed by atoms with Crippen LogP contribution in [0.4, 0.5) is 17.6 Å². The number of aliphatic hydroxyl groups is 1. The fourth-order valence-corrected chi connectivity index (χ4v) is 1.37. The second-order valence-electron chi connectivity index (χ2n) is 3.59. The third kappa shape index (κ3) is 2.94. The molecule has 0 aliphatic carbocycles. The molecule has 0 fully saturated rings. The van der Waals surface area contributed by atoms with Gasteiger partial charge in [-0.25, -0.2) is 4.39 Å². The average Bonchev–Trinajstić information content (AvgIpc) is 2.25. The zero-order valence-corrected chi connectivity index (χ0v) is 8.79. The Bertz CT molecular complexity index is 450. The molecule has 0 bridgehead atoms. The maximum absolute atomic E-state index is 12.8. The predicted octanol–water partition coefficient (Wildman–Crippen LogP) is 3.04. The van der Waals surface area contributed by atoms with Crippen molar-refractivity contribution >= 4 is 0 Å². The largest absolute Gasteiger partial charge is 0.416 e. The lowest BCUT2D eigenvalue weighted by atomic mass is 9.94. The second kappa shape index (κ2) is 4.72. The SMILES string of the molecule is CC(C#N)C(O)c1ccc(F)cc1C(F)(F)F. The van der Waals surface area contributed by atoms with Gasteiger partial charge in [0.05, 0.1) is 23.7 Å². The summed E-state index contributed by atoms with van der Waals surface area (Å²) < 4.78 is 50.6. The Morgan fingerprint density at radius 3 is 2.41 bits per heavy atom. The molecule has 2 unspecified atom stereocenters. The van der Waals surface area contributed by atoms with Crippen LogP contribution in [-0.2, 0) is 6.18 Å². The van der Waals surface area contributed by atoms with E-state index < -0.39 is 35.1 Å². The summed E-state index contributed by atoms with van der Waals surface area (Å²) in [5, 5.41) is 18.1. The van der Waals surface area contributed by atoms with Gasteiger partial charge in [-0.1, -0.05) is 6.07 Å². The molecule has 0 aliphatic rings. The summed E-state index contributed by atoms with van der Waals surface area (Å²) in [6, 6.07) is 3.61. The van der Waals surface area contributed by atoms with Gasteiger partial charge in [0.2, 0.25) is 0 Å². The van der Waals surface area contributed by atoms with E-state index in [0.717, 1.165) is 12.1 Å². The maximum Gasteiger partial charge on any atom is 0.416 e. The van der Waals surface area contributed by atoms with Crippen molar-refractivity contribution in [3.8, 4) is 6.07 Å². The molecule has 17 heavy (non-hydrogen) atoms. The summed E-state index contributed by atoms with van der Waals surface area (Å²) in [6.45, 7) is 1.29. The van der Waals surface area contributed by atoms with E-state index in [2.05, 4.69) is 0 Å². The number of alkyl halides is 3. The van der Waals surface area contributed by atoms with Gasteiger partial charge in [0.15, 0.2) is 0 Å². The Hall–Kier alpha value is -1.61. The van der Waals surface area contributed by atoms with Gasteiger partial charge >= 0.3 is 6.18 Å². The third-order valence-electron chi connectivity index (χ3n) is 2.32. The standard InChI is InChI=1S/C11H9F4NO/c1-6(5-16)10(17)8-3-2-7(12)4-9(8)11(13,14)15/h2-4,6,10,17H,1H3. The van der Waals surface area contributed by atoms with E-state index in [-0.39, 0.29) is 0 Å². The van der Waals surface area contributed by atoms with Crippen LogP contribution in [0.25, 0.3) is 0 Å². The summed E-state index contributed by atoms with van der Waals surface area (Å²) in [5.41, 5.74) is -1.75. The molecule has 0 aromatic heterocycles. The molecule has 1 N–H and O–H groups in total. The van der Waals surface area contributed by atoms with Gasteiger partial charge in [-0.2, -0.15) is 18.4 Å². The Kier molecular flexibility index (Phi) is 3.73. The fourth-order valence-electron chi connectivity index (χ4n) is 1.37. The Labute approximate surface area is 95.1 Å². The zero-order chi connectivity index (χ0) is 13.2. The number of benzene rings is 1. The lowest BCUT2D eigenvalue weighted by Gasteiger charge is -2.18. The van der Waals surface area contributed by atoms with Crippen LogP contribution in [0, 0.1) is 23.1 Å². The van der Waals surface area contributed by atoms with Crippen LogP contribution in [0.2, 0.25) is 0 Å². The highest BCUT2D eigenvalue weighted by molar-refractivity contribution is 5.33. The molecular formula is C11H9F4NO. The number of nitrogens with zero attached hydrogens (tertiary/aromatic N) is 1. The highest BCUT2D eigenvalue weighted by Crippen LogP contribution is 2.36. The minimum Gasteiger partial charge on any atom is -0.387 e. The van der Waals surface area contributed by atoms with Crippen molar-refractivity contribution in [3.63, 3.8) is 0 Å². The Balaban J connectivity index is 3.30. The number of hydrogen-bond donors (Lipinski definition) is 1. The van der Waals surface area contributed by atoms with E-state index in [1.165, 1.54) is 6.92 Å². The van der Waals surface area contributed by atoms with Crippen LogP contribution >= 0.6 is 0 Å². The molecule has 2 nitrogen and oxygen atoms in total. The first kappa shape index (κ1) is 13.5. The minimum absolute atomic E-state index is 0.308. The van der Waals surface area contributed by atoms with Crippen LogP contribution in [0.5, 0.6) is 0 Å². The second-order valence-corrected chi connectivity index (χ2v) is 3.59. The molecule has 6 heteroatoms. The topological polar surface area (TPSA) is 44.0 Å². The first-order valence-electron chi connectivity index (χ1n) is 4.71. The Morgan fingerprint density at radius 2 is 1.94 bits per heavy atom. The fraction of sp³-hybridized carbons (Fsp3) is 0.364. The number of rotatable bonds is 2. The lowest BCUT2D eigenvalue weighted by Crippen LogP contribution is -2.16. The van der Waals surface area contributed by atoms with Gasteiger partial charge < -0.3 is 5.11 Å². The van der Waals surface area contributed by atoms with Crippen LogP contribution in [0.1, 0.15) is 24.2 Å². The highest BCUT2D eigenvalue weighted by atomic mass is 19.4. The van der Waals surface area contributed by atoms with Crippen molar-refractivity contribution in [1.29, 1.82) is 5.26 Å². The number of aliphatic hydroxyl groups excluding tert-OH is 1. The molecular weight excluding hydrogens is 238 g/mol. The monoisotopic (exact) mass is 247 g/mol. The van der Waals surface area contributed by atoms with Crippen molar-refractivity contribution < 1.29 is 22.7 Å². The molecule has 1 aromatic rings. The van der Waals surface area contributed by atoms with Crippen molar-refractivity contribution in [3.05, 3.63) is 35.1 Å². The predicted molar refractivity (Wildman–Crippen MR) is 51.1 cm³/mol. The van der Waals surface area contributed by atoms with Gasteiger partial charge in [0.1, 0.15) is 5.82 Å². The van der Waals surface area contributed by atoms with Crippen LogP contribution in [0.3, 0.4) is 0 Å². The summed E-state index contributed by atoms with van der Waals surface area (Å²) in [6.07, 6.45) is -6.37. The first-order chi connectivity index (χ1) is 7.77. The normalized spacial score (nSPS) is 15.1. The van der Waals surface area contributed by atoms with Crippen molar-refractivity contribution in [1.82, 2.24) is 0 Å². The smallest absolute Gasteiger partial charge is 0.387 e. The molecule has 0 saturated carbocycles. The van der Waals surface area contributed by atoms with E-state index in [9.17, 15) is 22.7 Å².